The number of fused-ring (bicyclic) bond motifs is 1. The van der Waals surface area contributed by atoms with Crippen molar-refractivity contribution in [3.63, 3.8) is 0 Å². The number of benzene rings is 1. The molecule has 2 rings (SSSR count). The third-order valence-corrected chi connectivity index (χ3v) is 4.19. The van der Waals surface area contributed by atoms with Crippen LogP contribution in [0.4, 0.5) is 0 Å². The zero-order valence-corrected chi connectivity index (χ0v) is 12.6. The van der Waals surface area contributed by atoms with Gasteiger partial charge in [-0.15, -0.1) is 0 Å². The van der Waals surface area contributed by atoms with Gasteiger partial charge in [-0.3, -0.25) is 4.21 Å². The number of hydrogen-bond acceptors (Lipinski definition) is 3. The molecule has 6 heteroatoms. The van der Waals surface area contributed by atoms with Crippen molar-refractivity contribution < 1.29 is 14.1 Å². The second-order valence-electron chi connectivity index (χ2n) is 4.85. The lowest BCUT2D eigenvalue weighted by Crippen LogP contribution is -2.15. The molecule has 0 spiro atoms. The van der Waals surface area contributed by atoms with E-state index in [1.807, 2.05) is 18.4 Å². The summed E-state index contributed by atoms with van der Waals surface area (Å²) >= 11 is 0. The number of rotatable bonds is 5. The summed E-state index contributed by atoms with van der Waals surface area (Å²) in [6, 6.07) is 4.94. The Kier molecular flexibility index (Phi) is 4.23. The lowest BCUT2D eigenvalue weighted by Gasteiger charge is -2.16. The zero-order chi connectivity index (χ0) is 14.9. The molecule has 0 radical (unpaired) electrons. The molecule has 108 valence electrons. The van der Waals surface area contributed by atoms with Gasteiger partial charge in [0.25, 0.3) is 0 Å². The Labute approximate surface area is 120 Å². The molecule has 0 aliphatic rings. The van der Waals surface area contributed by atoms with E-state index in [0.717, 1.165) is 23.3 Å². The molecular formula is C14H18N2O3S. The van der Waals surface area contributed by atoms with Crippen molar-refractivity contribution in [2.75, 3.05) is 12.0 Å². The zero-order valence-electron chi connectivity index (χ0n) is 11.8. The van der Waals surface area contributed by atoms with Crippen LogP contribution < -0.4 is 0 Å². The summed E-state index contributed by atoms with van der Waals surface area (Å²) in [6.07, 6.45) is 2.42. The summed E-state index contributed by atoms with van der Waals surface area (Å²) in [6.45, 7) is 3.99. The fourth-order valence-electron chi connectivity index (χ4n) is 2.43. The Morgan fingerprint density at radius 3 is 2.75 bits per heavy atom. The summed E-state index contributed by atoms with van der Waals surface area (Å²) in [5.74, 6) is 0.459. The van der Waals surface area contributed by atoms with Crippen LogP contribution in [0.1, 0.15) is 36.1 Å². The maximum Gasteiger partial charge on any atom is 0.335 e. The van der Waals surface area contributed by atoms with Gasteiger partial charge in [-0.25, -0.2) is 9.78 Å². The van der Waals surface area contributed by atoms with Gasteiger partial charge < -0.3 is 9.67 Å². The van der Waals surface area contributed by atoms with Gasteiger partial charge in [0, 0.05) is 35.3 Å². The van der Waals surface area contributed by atoms with E-state index in [1.54, 1.807) is 24.5 Å². The first kappa shape index (κ1) is 14.7. The van der Waals surface area contributed by atoms with E-state index in [1.165, 1.54) is 0 Å². The minimum Gasteiger partial charge on any atom is -0.478 e. The Bertz CT molecular complexity index is 678. The molecule has 0 fully saturated rings. The molecule has 20 heavy (non-hydrogen) atoms. The lowest BCUT2D eigenvalue weighted by atomic mass is 10.2. The van der Waals surface area contributed by atoms with Crippen molar-refractivity contribution >= 4 is 27.8 Å². The molecule has 0 amide bonds. The Morgan fingerprint density at radius 2 is 2.20 bits per heavy atom. The molecule has 1 heterocycles. The van der Waals surface area contributed by atoms with Crippen molar-refractivity contribution in [2.45, 2.75) is 26.3 Å². The minimum atomic E-state index is -0.954. The van der Waals surface area contributed by atoms with Crippen LogP contribution in [-0.2, 0) is 17.2 Å². The van der Waals surface area contributed by atoms with E-state index in [-0.39, 0.29) is 11.6 Å². The maximum absolute atomic E-state index is 11.4. The van der Waals surface area contributed by atoms with Crippen LogP contribution in [0.5, 0.6) is 0 Å². The highest BCUT2D eigenvalue weighted by Crippen LogP contribution is 2.23. The average Bonchev–Trinajstić information content (AvgIpc) is 2.74. The van der Waals surface area contributed by atoms with Gasteiger partial charge in [0.15, 0.2) is 0 Å². The molecule has 1 aromatic carbocycles. The molecule has 2 unspecified atom stereocenters. The van der Waals surface area contributed by atoms with Gasteiger partial charge in [-0.1, -0.05) is 6.92 Å². The van der Waals surface area contributed by atoms with Gasteiger partial charge >= 0.3 is 5.97 Å². The number of carboxylic acid groups (broad SMARTS) is 1. The highest BCUT2D eigenvalue weighted by atomic mass is 32.2. The van der Waals surface area contributed by atoms with Crippen molar-refractivity contribution in [1.29, 1.82) is 0 Å². The summed E-state index contributed by atoms with van der Waals surface area (Å²) in [4.78, 5) is 15.6. The monoisotopic (exact) mass is 294 g/mol. The second-order valence-corrected chi connectivity index (χ2v) is 6.33. The smallest absolute Gasteiger partial charge is 0.335 e. The normalized spacial score (nSPS) is 14.3. The van der Waals surface area contributed by atoms with Crippen LogP contribution in [0, 0.1) is 0 Å². The number of carbonyl (C=O) groups is 1. The molecule has 1 aromatic heterocycles. The molecule has 2 atom stereocenters. The van der Waals surface area contributed by atoms with E-state index in [0.29, 0.717) is 5.75 Å². The number of imidazole rings is 1. The number of carboxylic acids is 1. The van der Waals surface area contributed by atoms with Gasteiger partial charge in [-0.2, -0.15) is 0 Å². The number of aromatic carboxylic acids is 1. The van der Waals surface area contributed by atoms with E-state index >= 15 is 0 Å². The summed E-state index contributed by atoms with van der Waals surface area (Å²) in [7, 11) is -0.913. The first-order valence-electron chi connectivity index (χ1n) is 6.48. The molecule has 0 bridgehead atoms. The number of hydrogen-bond donors (Lipinski definition) is 1. The van der Waals surface area contributed by atoms with Gasteiger partial charge in [0.05, 0.1) is 16.6 Å². The fraction of sp³-hybridized carbons (Fsp3) is 0.429. The first-order chi connectivity index (χ1) is 9.43. The van der Waals surface area contributed by atoms with E-state index in [2.05, 4.69) is 4.98 Å². The average molecular weight is 294 g/mol. The van der Waals surface area contributed by atoms with Crippen molar-refractivity contribution in [3.8, 4) is 0 Å². The van der Waals surface area contributed by atoms with Crippen LogP contribution in [0.25, 0.3) is 11.0 Å². The number of aromatic nitrogens is 2. The predicted molar refractivity (Wildman–Crippen MR) is 79.7 cm³/mol. The van der Waals surface area contributed by atoms with Crippen LogP contribution in [-0.4, -0.2) is 36.8 Å². The van der Waals surface area contributed by atoms with Crippen LogP contribution in [0.15, 0.2) is 18.2 Å². The predicted octanol–water partition coefficient (Wildman–Crippen LogP) is 2.24. The maximum atomic E-state index is 11.4. The van der Waals surface area contributed by atoms with Crippen molar-refractivity contribution in [2.24, 2.45) is 0 Å². The van der Waals surface area contributed by atoms with Crippen LogP contribution in [0.2, 0.25) is 0 Å². The summed E-state index contributed by atoms with van der Waals surface area (Å²) < 4.78 is 13.4. The first-order valence-corrected chi connectivity index (χ1v) is 8.21. The van der Waals surface area contributed by atoms with E-state index < -0.39 is 16.8 Å². The summed E-state index contributed by atoms with van der Waals surface area (Å²) in [5, 5.41) is 9.10. The third kappa shape index (κ3) is 2.75. The van der Waals surface area contributed by atoms with Crippen molar-refractivity contribution in [3.05, 3.63) is 29.6 Å². The second kappa shape index (κ2) is 5.75. The highest BCUT2D eigenvalue weighted by molar-refractivity contribution is 7.84. The molecule has 1 N–H and O–H groups in total. The molecule has 2 aromatic rings. The van der Waals surface area contributed by atoms with Crippen LogP contribution in [0.3, 0.4) is 0 Å². The fourth-order valence-corrected chi connectivity index (χ4v) is 3.26. The van der Waals surface area contributed by atoms with E-state index in [4.69, 9.17) is 5.11 Å². The highest BCUT2D eigenvalue weighted by Gasteiger charge is 2.17. The quantitative estimate of drug-likeness (QED) is 0.918. The topological polar surface area (TPSA) is 72.2 Å². The van der Waals surface area contributed by atoms with Crippen molar-refractivity contribution in [1.82, 2.24) is 9.55 Å². The van der Waals surface area contributed by atoms with E-state index in [9.17, 15) is 9.00 Å². The molecule has 0 aliphatic heterocycles. The van der Waals surface area contributed by atoms with Crippen LogP contribution >= 0.6 is 0 Å². The Balaban J connectivity index is 2.62. The SMILES string of the molecule is CCc1nc2ccc(C(=O)O)cc2n1C(C)CS(C)=O. The molecule has 0 saturated carbocycles. The lowest BCUT2D eigenvalue weighted by molar-refractivity contribution is 0.0697. The largest absolute Gasteiger partial charge is 0.478 e. The summed E-state index contributed by atoms with van der Waals surface area (Å²) in [5.41, 5.74) is 1.81. The minimum absolute atomic E-state index is 0.0184. The number of nitrogens with zero attached hydrogens (tertiary/aromatic N) is 2. The third-order valence-electron chi connectivity index (χ3n) is 3.24. The Hall–Kier alpha value is -1.69. The molecule has 0 aliphatic carbocycles. The van der Waals surface area contributed by atoms with Gasteiger partial charge in [0.2, 0.25) is 0 Å². The van der Waals surface area contributed by atoms with Gasteiger partial charge in [-0.05, 0) is 25.1 Å². The molecule has 5 nitrogen and oxygen atoms in total. The number of aryl methyl sites for hydroxylation is 1. The van der Waals surface area contributed by atoms with Gasteiger partial charge in [0.1, 0.15) is 5.82 Å². The Morgan fingerprint density at radius 1 is 1.50 bits per heavy atom. The molecular weight excluding hydrogens is 276 g/mol. The molecule has 0 saturated heterocycles. The standard InChI is InChI=1S/C14H18N2O3S/c1-4-13-15-11-6-5-10(14(17)18)7-12(11)16(13)9(2)8-20(3)19/h5-7,9H,4,8H2,1-3H3,(H,17,18).